The van der Waals surface area contributed by atoms with E-state index in [1.54, 1.807) is 24.3 Å². The third-order valence-electron chi connectivity index (χ3n) is 4.44. The second kappa shape index (κ2) is 8.67. The van der Waals surface area contributed by atoms with Crippen molar-refractivity contribution in [2.24, 2.45) is 0 Å². The number of hydrogen-bond donors (Lipinski definition) is 0. The molecule has 1 fully saturated rings. The van der Waals surface area contributed by atoms with E-state index in [0.717, 1.165) is 30.9 Å². The lowest BCUT2D eigenvalue weighted by Gasteiger charge is -2.24. The molecule has 1 aliphatic rings. The van der Waals surface area contributed by atoms with Crippen molar-refractivity contribution in [3.63, 3.8) is 0 Å². The van der Waals surface area contributed by atoms with Crippen LogP contribution in [0.15, 0.2) is 54.6 Å². The lowest BCUT2D eigenvalue weighted by molar-refractivity contribution is 0.0216. The number of hydrogen-bond acceptors (Lipinski definition) is 4. The van der Waals surface area contributed by atoms with E-state index in [-0.39, 0.29) is 12.1 Å². The Hall–Kier alpha value is -2.33. The average Bonchev–Trinajstić information content (AvgIpc) is 3.16. The fourth-order valence-corrected chi connectivity index (χ4v) is 3.13. The second-order valence-corrected chi connectivity index (χ2v) is 6.27. The molecule has 0 aromatic heterocycles. The summed E-state index contributed by atoms with van der Waals surface area (Å²) in [5.41, 5.74) is 1.58. The van der Waals surface area contributed by atoms with Crippen molar-refractivity contribution in [2.45, 2.75) is 25.9 Å². The molecule has 1 atom stereocenters. The normalized spacial score (nSPS) is 15.7. The Balaban J connectivity index is 1.71. The van der Waals surface area contributed by atoms with Gasteiger partial charge in [-0.1, -0.05) is 30.3 Å². The molecule has 0 aliphatic carbocycles. The zero-order valence-electron chi connectivity index (χ0n) is 14.7. The highest BCUT2D eigenvalue weighted by atomic mass is 16.5. The van der Waals surface area contributed by atoms with Gasteiger partial charge in [-0.05, 0) is 62.7 Å². The minimum atomic E-state index is -0.295. The summed E-state index contributed by atoms with van der Waals surface area (Å²) in [7, 11) is 0. The summed E-state index contributed by atoms with van der Waals surface area (Å²) < 4.78 is 11.3. The van der Waals surface area contributed by atoms with Crippen LogP contribution in [0.3, 0.4) is 0 Å². The monoisotopic (exact) mass is 339 g/mol. The fourth-order valence-electron chi connectivity index (χ4n) is 3.13. The third kappa shape index (κ3) is 4.83. The molecule has 2 aromatic rings. The van der Waals surface area contributed by atoms with E-state index >= 15 is 0 Å². The van der Waals surface area contributed by atoms with Crippen LogP contribution in [-0.2, 0) is 4.74 Å². The molecule has 1 heterocycles. The average molecular weight is 339 g/mol. The van der Waals surface area contributed by atoms with Crippen molar-refractivity contribution in [3.05, 3.63) is 65.7 Å². The Kier molecular flexibility index (Phi) is 6.07. The summed E-state index contributed by atoms with van der Waals surface area (Å²) in [5, 5.41) is 0. The van der Waals surface area contributed by atoms with Crippen LogP contribution >= 0.6 is 0 Å². The highest BCUT2D eigenvalue weighted by Crippen LogP contribution is 2.23. The molecular formula is C21H25NO3. The summed E-state index contributed by atoms with van der Waals surface area (Å²) in [6.07, 6.45) is 2.18. The number of carbonyl (C=O) groups excluding carboxylic acids is 1. The minimum absolute atomic E-state index is 0.252. The highest BCUT2D eigenvalue weighted by molar-refractivity contribution is 5.89. The van der Waals surface area contributed by atoms with E-state index in [1.165, 1.54) is 12.8 Å². The number of esters is 1. The second-order valence-electron chi connectivity index (χ2n) is 6.27. The van der Waals surface area contributed by atoms with E-state index in [9.17, 15) is 4.79 Å². The highest BCUT2D eigenvalue weighted by Gasteiger charge is 2.23. The molecule has 0 spiro atoms. The van der Waals surface area contributed by atoms with Crippen LogP contribution in [-0.4, -0.2) is 37.1 Å². The number of nitrogens with zero attached hydrogens (tertiary/aromatic N) is 1. The summed E-state index contributed by atoms with van der Waals surface area (Å²) in [5.74, 6) is 0.465. The molecule has 1 saturated heterocycles. The molecule has 0 radical (unpaired) electrons. The predicted molar refractivity (Wildman–Crippen MR) is 97.9 cm³/mol. The first-order chi connectivity index (χ1) is 12.3. The summed E-state index contributed by atoms with van der Waals surface area (Å²) >= 11 is 0. The van der Waals surface area contributed by atoms with E-state index in [1.807, 2.05) is 37.3 Å². The quantitative estimate of drug-likeness (QED) is 0.713. The van der Waals surface area contributed by atoms with Crippen molar-refractivity contribution in [2.75, 3.05) is 26.2 Å². The predicted octanol–water partition coefficient (Wildman–Crippen LogP) is 4.08. The summed E-state index contributed by atoms with van der Waals surface area (Å²) in [4.78, 5) is 15.0. The number of benzene rings is 2. The first kappa shape index (κ1) is 17.5. The van der Waals surface area contributed by atoms with Crippen LogP contribution in [0.4, 0.5) is 0 Å². The molecule has 25 heavy (non-hydrogen) atoms. The lowest BCUT2D eigenvalue weighted by Crippen LogP contribution is -2.28. The Morgan fingerprint density at radius 3 is 2.36 bits per heavy atom. The molecule has 0 N–H and O–H groups in total. The number of ether oxygens (including phenoxy) is 2. The van der Waals surface area contributed by atoms with Crippen LogP contribution in [0.1, 0.15) is 41.8 Å². The van der Waals surface area contributed by atoms with Crippen LogP contribution in [0, 0.1) is 0 Å². The first-order valence-electron chi connectivity index (χ1n) is 8.97. The van der Waals surface area contributed by atoms with E-state index in [2.05, 4.69) is 4.90 Å². The van der Waals surface area contributed by atoms with Crippen LogP contribution < -0.4 is 4.74 Å². The van der Waals surface area contributed by atoms with Gasteiger partial charge >= 0.3 is 5.97 Å². The number of carbonyl (C=O) groups is 1. The Bertz CT molecular complexity index is 663. The molecule has 1 unspecified atom stereocenters. The summed E-state index contributed by atoms with van der Waals surface area (Å²) in [6.45, 7) is 5.43. The minimum Gasteiger partial charge on any atom is -0.494 e. The topological polar surface area (TPSA) is 38.8 Å². The standard InChI is InChI=1S/C21H25NO3/c1-2-24-19-12-10-18(11-13-19)21(23)25-20(16-22-14-6-7-15-22)17-8-4-3-5-9-17/h3-5,8-13,20H,2,6-7,14-16H2,1H3. The first-order valence-corrected chi connectivity index (χ1v) is 8.97. The zero-order chi connectivity index (χ0) is 17.5. The molecule has 1 aliphatic heterocycles. The summed E-state index contributed by atoms with van der Waals surface area (Å²) in [6, 6.07) is 17.1. The molecule has 0 saturated carbocycles. The maximum Gasteiger partial charge on any atom is 0.338 e. The van der Waals surface area contributed by atoms with Crippen molar-refractivity contribution in [1.29, 1.82) is 0 Å². The van der Waals surface area contributed by atoms with Crippen LogP contribution in [0.5, 0.6) is 5.75 Å². The van der Waals surface area contributed by atoms with Crippen molar-refractivity contribution in [1.82, 2.24) is 4.90 Å². The van der Waals surface area contributed by atoms with Gasteiger partial charge in [-0.25, -0.2) is 4.79 Å². The van der Waals surface area contributed by atoms with Gasteiger partial charge in [-0.2, -0.15) is 0 Å². The molecule has 2 aromatic carbocycles. The zero-order valence-corrected chi connectivity index (χ0v) is 14.7. The van der Waals surface area contributed by atoms with Crippen molar-refractivity contribution < 1.29 is 14.3 Å². The smallest absolute Gasteiger partial charge is 0.338 e. The SMILES string of the molecule is CCOc1ccc(C(=O)OC(CN2CCCC2)c2ccccc2)cc1. The maximum absolute atomic E-state index is 12.6. The third-order valence-corrected chi connectivity index (χ3v) is 4.44. The van der Waals surface area contributed by atoms with Gasteiger partial charge in [-0.3, -0.25) is 4.90 Å². The number of likely N-dealkylation sites (tertiary alicyclic amines) is 1. The molecule has 0 bridgehead atoms. The van der Waals surface area contributed by atoms with Gasteiger partial charge in [0, 0.05) is 6.54 Å². The fraction of sp³-hybridized carbons (Fsp3) is 0.381. The Morgan fingerprint density at radius 2 is 1.72 bits per heavy atom. The van der Waals surface area contributed by atoms with Crippen LogP contribution in [0.2, 0.25) is 0 Å². The van der Waals surface area contributed by atoms with E-state index in [4.69, 9.17) is 9.47 Å². The molecule has 0 amide bonds. The molecular weight excluding hydrogens is 314 g/mol. The Labute approximate surface area is 149 Å². The molecule has 3 rings (SSSR count). The van der Waals surface area contributed by atoms with Gasteiger partial charge in [0.1, 0.15) is 11.9 Å². The van der Waals surface area contributed by atoms with Crippen molar-refractivity contribution in [3.8, 4) is 5.75 Å². The van der Waals surface area contributed by atoms with Gasteiger partial charge in [0.05, 0.1) is 12.2 Å². The molecule has 4 heteroatoms. The van der Waals surface area contributed by atoms with E-state index in [0.29, 0.717) is 12.2 Å². The van der Waals surface area contributed by atoms with Gasteiger partial charge in [0.15, 0.2) is 0 Å². The lowest BCUT2D eigenvalue weighted by atomic mass is 10.1. The van der Waals surface area contributed by atoms with E-state index < -0.39 is 0 Å². The Morgan fingerprint density at radius 1 is 1.04 bits per heavy atom. The van der Waals surface area contributed by atoms with Gasteiger partial charge in [-0.15, -0.1) is 0 Å². The van der Waals surface area contributed by atoms with Crippen LogP contribution in [0.25, 0.3) is 0 Å². The largest absolute Gasteiger partial charge is 0.494 e. The number of rotatable bonds is 7. The molecule has 132 valence electrons. The van der Waals surface area contributed by atoms with Gasteiger partial charge in [0.25, 0.3) is 0 Å². The van der Waals surface area contributed by atoms with Crippen molar-refractivity contribution >= 4 is 5.97 Å². The molecule has 4 nitrogen and oxygen atoms in total. The maximum atomic E-state index is 12.6. The van der Waals surface area contributed by atoms with Gasteiger partial charge < -0.3 is 9.47 Å². The van der Waals surface area contributed by atoms with Gasteiger partial charge in [0.2, 0.25) is 0 Å².